The summed E-state index contributed by atoms with van der Waals surface area (Å²) in [5, 5.41) is 8.28. The molecule has 3 rings (SSSR count). The number of azo groups is 1. The van der Waals surface area contributed by atoms with E-state index < -0.39 is 0 Å². The summed E-state index contributed by atoms with van der Waals surface area (Å²) in [6.45, 7) is 0.328. The van der Waals surface area contributed by atoms with Gasteiger partial charge in [-0.05, 0) is 29.8 Å². The minimum atomic E-state index is 0.193. The monoisotopic (exact) mass is 349 g/mol. The molecule has 0 saturated heterocycles. The lowest BCUT2D eigenvalue weighted by Gasteiger charge is -2.10. The average Bonchev–Trinajstić information content (AvgIpc) is 2.68. The van der Waals surface area contributed by atoms with Crippen LogP contribution in [0.2, 0.25) is 0 Å². The molecular weight excluding hydrogens is 330 g/mol. The smallest absolute Gasteiger partial charge is 0.168 e. The lowest BCUT2D eigenvalue weighted by molar-refractivity contribution is 0.307. The number of hydrogen-bond donors (Lipinski definition) is 2. The van der Waals surface area contributed by atoms with Gasteiger partial charge in [-0.1, -0.05) is 30.3 Å². The van der Waals surface area contributed by atoms with Crippen molar-refractivity contribution in [3.05, 3.63) is 66.2 Å². The number of rotatable bonds is 6. The van der Waals surface area contributed by atoms with Crippen molar-refractivity contribution in [2.45, 2.75) is 6.61 Å². The Morgan fingerprint density at radius 2 is 1.65 bits per heavy atom. The molecule has 0 bridgehead atoms. The van der Waals surface area contributed by atoms with Crippen LogP contribution in [0.1, 0.15) is 5.56 Å². The summed E-state index contributed by atoms with van der Waals surface area (Å²) in [4.78, 5) is 4.08. The van der Waals surface area contributed by atoms with E-state index in [1.807, 2.05) is 54.6 Å². The number of methoxy groups -OCH3 is 1. The van der Waals surface area contributed by atoms with Crippen molar-refractivity contribution in [3.63, 3.8) is 0 Å². The van der Waals surface area contributed by atoms with Crippen molar-refractivity contribution in [1.82, 2.24) is 4.98 Å². The van der Waals surface area contributed by atoms with Crippen LogP contribution in [0.5, 0.6) is 11.5 Å². The number of anilines is 2. The number of nitrogen functional groups attached to an aromatic ring is 2. The molecule has 7 heteroatoms. The molecule has 3 aromatic rings. The third kappa shape index (κ3) is 4.27. The molecule has 0 saturated carbocycles. The molecule has 132 valence electrons. The summed E-state index contributed by atoms with van der Waals surface area (Å²) in [5.74, 6) is 1.58. The van der Waals surface area contributed by atoms with Gasteiger partial charge in [-0.3, -0.25) is 0 Å². The van der Waals surface area contributed by atoms with Gasteiger partial charge in [-0.25, -0.2) is 4.98 Å². The molecular formula is C19H19N5O2. The van der Waals surface area contributed by atoms with Crippen molar-refractivity contribution < 1.29 is 9.47 Å². The highest BCUT2D eigenvalue weighted by atomic mass is 16.5. The molecule has 0 aliphatic carbocycles. The van der Waals surface area contributed by atoms with Crippen LogP contribution in [0, 0.1) is 0 Å². The van der Waals surface area contributed by atoms with Crippen molar-refractivity contribution in [1.29, 1.82) is 0 Å². The molecule has 0 aliphatic heterocycles. The topological polar surface area (TPSA) is 108 Å². The molecule has 0 aliphatic rings. The largest absolute Gasteiger partial charge is 0.497 e. The highest BCUT2D eigenvalue weighted by Crippen LogP contribution is 2.31. The van der Waals surface area contributed by atoms with E-state index in [0.29, 0.717) is 23.7 Å². The highest BCUT2D eigenvalue weighted by Gasteiger charge is 2.09. The predicted molar refractivity (Wildman–Crippen MR) is 101 cm³/mol. The fourth-order valence-corrected chi connectivity index (χ4v) is 2.20. The van der Waals surface area contributed by atoms with Crippen LogP contribution in [0.25, 0.3) is 0 Å². The molecule has 0 atom stereocenters. The maximum Gasteiger partial charge on any atom is 0.168 e. The summed E-state index contributed by atoms with van der Waals surface area (Å²) in [6, 6.07) is 18.5. The van der Waals surface area contributed by atoms with E-state index in [0.717, 1.165) is 11.3 Å². The Morgan fingerprint density at radius 3 is 2.35 bits per heavy atom. The fraction of sp³-hybridized carbons (Fsp3) is 0.105. The van der Waals surface area contributed by atoms with Gasteiger partial charge in [0.05, 0.1) is 12.8 Å². The van der Waals surface area contributed by atoms with Gasteiger partial charge in [-0.2, -0.15) is 5.11 Å². The summed E-state index contributed by atoms with van der Waals surface area (Å²) in [5.41, 5.74) is 13.9. The van der Waals surface area contributed by atoms with Gasteiger partial charge in [0.25, 0.3) is 0 Å². The number of pyridine rings is 1. The Hall–Kier alpha value is -3.61. The predicted octanol–water partition coefficient (Wildman–Crippen LogP) is 4.25. The molecule has 7 nitrogen and oxygen atoms in total. The molecule has 0 amide bonds. The van der Waals surface area contributed by atoms with Crippen molar-refractivity contribution in [2.24, 2.45) is 10.2 Å². The van der Waals surface area contributed by atoms with Crippen LogP contribution in [-0.2, 0) is 6.61 Å². The first-order valence-corrected chi connectivity index (χ1v) is 7.94. The summed E-state index contributed by atoms with van der Waals surface area (Å²) < 4.78 is 10.9. The van der Waals surface area contributed by atoms with E-state index in [9.17, 15) is 0 Å². The van der Waals surface area contributed by atoms with Gasteiger partial charge in [0, 0.05) is 6.07 Å². The van der Waals surface area contributed by atoms with E-state index in [2.05, 4.69) is 15.2 Å². The van der Waals surface area contributed by atoms with E-state index in [4.69, 9.17) is 20.9 Å². The standard InChI is InChI=1S/C19H19N5O2/c1-25-15-9-7-13(8-10-15)12-26-17-11-16(18(20)22-19(17)21)24-23-14-5-3-2-4-6-14/h2-11H,12H2,1H3,(H4,20,21,22). The van der Waals surface area contributed by atoms with Crippen LogP contribution in [0.4, 0.5) is 23.0 Å². The second-order valence-corrected chi connectivity index (χ2v) is 5.45. The van der Waals surface area contributed by atoms with Crippen LogP contribution >= 0.6 is 0 Å². The summed E-state index contributed by atoms with van der Waals surface area (Å²) >= 11 is 0. The summed E-state index contributed by atoms with van der Waals surface area (Å²) in [7, 11) is 1.62. The Morgan fingerprint density at radius 1 is 0.923 bits per heavy atom. The van der Waals surface area contributed by atoms with Crippen LogP contribution in [0.3, 0.4) is 0 Å². The molecule has 0 fully saturated rings. The molecule has 0 unspecified atom stereocenters. The third-order valence-electron chi connectivity index (χ3n) is 3.61. The second-order valence-electron chi connectivity index (χ2n) is 5.45. The lowest BCUT2D eigenvalue weighted by Crippen LogP contribution is -2.02. The van der Waals surface area contributed by atoms with Crippen LogP contribution < -0.4 is 20.9 Å². The molecule has 26 heavy (non-hydrogen) atoms. The fourth-order valence-electron chi connectivity index (χ4n) is 2.20. The Labute approximate surface area is 151 Å². The van der Waals surface area contributed by atoms with Gasteiger partial charge in [0.15, 0.2) is 17.4 Å². The number of ether oxygens (including phenoxy) is 2. The van der Waals surface area contributed by atoms with Gasteiger partial charge >= 0.3 is 0 Å². The van der Waals surface area contributed by atoms with Crippen molar-refractivity contribution >= 4 is 23.0 Å². The summed E-state index contributed by atoms with van der Waals surface area (Å²) in [6.07, 6.45) is 0. The number of nitrogens with zero attached hydrogens (tertiary/aromatic N) is 3. The van der Waals surface area contributed by atoms with Gasteiger partial charge < -0.3 is 20.9 Å². The maximum atomic E-state index is 5.90. The van der Waals surface area contributed by atoms with Crippen molar-refractivity contribution in [2.75, 3.05) is 18.6 Å². The van der Waals surface area contributed by atoms with Crippen LogP contribution in [-0.4, -0.2) is 12.1 Å². The first-order chi connectivity index (χ1) is 12.7. The SMILES string of the molecule is COc1ccc(COc2cc(N=Nc3ccccc3)c(N)nc2N)cc1. The Bertz CT molecular complexity index is 896. The van der Waals surface area contributed by atoms with Gasteiger partial charge in [-0.15, -0.1) is 5.11 Å². The number of nitrogens with two attached hydrogens (primary N) is 2. The zero-order valence-electron chi connectivity index (χ0n) is 14.3. The quantitative estimate of drug-likeness (QED) is 0.647. The molecule has 2 aromatic carbocycles. The molecule has 1 heterocycles. The van der Waals surface area contributed by atoms with E-state index in [1.165, 1.54) is 0 Å². The zero-order chi connectivity index (χ0) is 18.4. The molecule has 0 spiro atoms. The second kappa shape index (κ2) is 7.98. The van der Waals surface area contributed by atoms with E-state index in [1.54, 1.807) is 13.2 Å². The van der Waals surface area contributed by atoms with Gasteiger partial charge in [0.2, 0.25) is 0 Å². The van der Waals surface area contributed by atoms with E-state index >= 15 is 0 Å². The minimum Gasteiger partial charge on any atom is -0.497 e. The first kappa shape index (κ1) is 17.2. The molecule has 0 radical (unpaired) electrons. The maximum absolute atomic E-state index is 5.90. The van der Waals surface area contributed by atoms with Gasteiger partial charge in [0.1, 0.15) is 18.0 Å². The highest BCUT2D eigenvalue weighted by molar-refractivity contribution is 5.66. The zero-order valence-corrected chi connectivity index (χ0v) is 14.3. The molecule has 4 N–H and O–H groups in total. The number of hydrogen-bond acceptors (Lipinski definition) is 7. The lowest BCUT2D eigenvalue weighted by atomic mass is 10.2. The Kier molecular flexibility index (Phi) is 5.28. The van der Waals surface area contributed by atoms with Crippen molar-refractivity contribution in [3.8, 4) is 11.5 Å². The minimum absolute atomic E-state index is 0.193. The number of benzene rings is 2. The number of aromatic nitrogens is 1. The Balaban J connectivity index is 1.75. The first-order valence-electron chi connectivity index (χ1n) is 7.94. The normalized spacial score (nSPS) is 10.8. The molecule has 1 aromatic heterocycles. The average molecular weight is 349 g/mol. The third-order valence-corrected chi connectivity index (χ3v) is 3.61. The van der Waals surface area contributed by atoms with Crippen LogP contribution in [0.15, 0.2) is 70.9 Å². The van der Waals surface area contributed by atoms with E-state index in [-0.39, 0.29) is 11.6 Å².